The fraction of sp³-hybridized carbons (Fsp3) is 0.867. The van der Waals surface area contributed by atoms with Gasteiger partial charge in [-0.05, 0) is 38.9 Å². The van der Waals surface area contributed by atoms with E-state index in [1.54, 1.807) is 0 Å². The van der Waals surface area contributed by atoms with E-state index in [0.29, 0.717) is 6.54 Å². The largest absolute Gasteiger partial charge is 0.480 e. The minimum absolute atomic E-state index is 0.0869. The number of urea groups is 1. The van der Waals surface area contributed by atoms with E-state index in [0.717, 1.165) is 51.7 Å². The molecular weight excluding hydrogens is 270 g/mol. The highest BCUT2D eigenvalue weighted by atomic mass is 16.4. The lowest BCUT2D eigenvalue weighted by Gasteiger charge is -2.27. The number of aliphatic carboxylic acids is 1. The topological polar surface area (TPSA) is 72.9 Å². The monoisotopic (exact) mass is 299 g/mol. The van der Waals surface area contributed by atoms with Crippen molar-refractivity contribution in [3.8, 4) is 0 Å². The zero-order valence-electron chi connectivity index (χ0n) is 13.3. The first-order valence-electron chi connectivity index (χ1n) is 8.07. The molecule has 0 spiro atoms. The van der Waals surface area contributed by atoms with Gasteiger partial charge in [0.1, 0.15) is 6.54 Å². The Morgan fingerprint density at radius 1 is 1.19 bits per heavy atom. The van der Waals surface area contributed by atoms with Gasteiger partial charge in [-0.25, -0.2) is 4.79 Å². The Bertz CT molecular complexity index is 326. The van der Waals surface area contributed by atoms with Crippen LogP contribution >= 0.6 is 0 Å². The molecule has 6 nitrogen and oxygen atoms in total. The third-order valence-corrected chi connectivity index (χ3v) is 4.15. The summed E-state index contributed by atoms with van der Waals surface area (Å²) in [5.74, 6) is -0.944. The third-order valence-electron chi connectivity index (χ3n) is 4.15. The molecule has 1 fully saturated rings. The van der Waals surface area contributed by atoms with Gasteiger partial charge in [0.2, 0.25) is 0 Å². The van der Waals surface area contributed by atoms with Crippen LogP contribution in [0.3, 0.4) is 0 Å². The molecule has 21 heavy (non-hydrogen) atoms. The van der Waals surface area contributed by atoms with Gasteiger partial charge in [-0.3, -0.25) is 4.79 Å². The maximum absolute atomic E-state index is 12.2. The van der Waals surface area contributed by atoms with Crippen LogP contribution in [0.4, 0.5) is 4.79 Å². The first-order chi connectivity index (χ1) is 10.1. The molecule has 0 aromatic rings. The van der Waals surface area contributed by atoms with Crippen molar-refractivity contribution in [3.05, 3.63) is 0 Å². The maximum atomic E-state index is 12.2. The van der Waals surface area contributed by atoms with Crippen molar-refractivity contribution in [3.63, 3.8) is 0 Å². The second-order valence-corrected chi connectivity index (χ2v) is 5.57. The van der Waals surface area contributed by atoms with E-state index in [-0.39, 0.29) is 18.6 Å². The fourth-order valence-electron chi connectivity index (χ4n) is 2.87. The molecule has 1 aliphatic rings. The molecule has 0 bridgehead atoms. The van der Waals surface area contributed by atoms with Gasteiger partial charge < -0.3 is 20.2 Å². The van der Waals surface area contributed by atoms with Gasteiger partial charge in [-0.1, -0.05) is 26.7 Å². The molecule has 1 aliphatic carbocycles. The Morgan fingerprint density at radius 3 is 2.33 bits per heavy atom. The van der Waals surface area contributed by atoms with Crippen molar-refractivity contribution in [1.29, 1.82) is 0 Å². The molecule has 0 aromatic heterocycles. The average Bonchev–Trinajstić information content (AvgIpc) is 2.98. The summed E-state index contributed by atoms with van der Waals surface area (Å²) in [6.45, 7) is 7.61. The summed E-state index contributed by atoms with van der Waals surface area (Å²) in [6, 6.07) is -0.146. The molecule has 6 heteroatoms. The van der Waals surface area contributed by atoms with Crippen LogP contribution < -0.4 is 5.32 Å². The van der Waals surface area contributed by atoms with E-state index >= 15 is 0 Å². The molecule has 0 aliphatic heterocycles. The highest BCUT2D eigenvalue weighted by molar-refractivity contribution is 5.80. The number of carbonyl (C=O) groups is 2. The van der Waals surface area contributed by atoms with Crippen LogP contribution in [-0.2, 0) is 4.79 Å². The van der Waals surface area contributed by atoms with E-state index < -0.39 is 5.97 Å². The average molecular weight is 299 g/mol. The van der Waals surface area contributed by atoms with Gasteiger partial charge in [0.05, 0.1) is 0 Å². The van der Waals surface area contributed by atoms with Gasteiger partial charge in [0.15, 0.2) is 0 Å². The second-order valence-electron chi connectivity index (χ2n) is 5.57. The summed E-state index contributed by atoms with van der Waals surface area (Å²) in [5, 5.41) is 11.8. The number of carbonyl (C=O) groups excluding carboxylic acids is 1. The Labute approximate surface area is 127 Å². The fourth-order valence-corrected chi connectivity index (χ4v) is 2.87. The lowest BCUT2D eigenvalue weighted by molar-refractivity contribution is -0.138. The van der Waals surface area contributed by atoms with Gasteiger partial charge >= 0.3 is 12.0 Å². The lowest BCUT2D eigenvalue weighted by Crippen LogP contribution is -2.48. The molecule has 0 atom stereocenters. The van der Waals surface area contributed by atoms with Crippen LogP contribution in [0.2, 0.25) is 0 Å². The van der Waals surface area contributed by atoms with Crippen LogP contribution in [0, 0.1) is 0 Å². The summed E-state index contributed by atoms with van der Waals surface area (Å²) < 4.78 is 0. The van der Waals surface area contributed by atoms with Crippen molar-refractivity contribution in [2.45, 2.75) is 52.0 Å². The molecule has 2 amide bonds. The van der Waals surface area contributed by atoms with E-state index in [1.807, 2.05) is 0 Å². The highest BCUT2D eigenvalue weighted by Crippen LogP contribution is 2.23. The molecule has 0 radical (unpaired) electrons. The lowest BCUT2D eigenvalue weighted by atomic mass is 10.2. The van der Waals surface area contributed by atoms with E-state index in [1.165, 1.54) is 4.90 Å². The third kappa shape index (κ3) is 6.33. The first-order valence-corrected chi connectivity index (χ1v) is 8.07. The Morgan fingerprint density at radius 2 is 1.81 bits per heavy atom. The zero-order valence-corrected chi connectivity index (χ0v) is 13.3. The number of hydrogen-bond donors (Lipinski definition) is 2. The predicted octanol–water partition coefficient (Wildman–Crippen LogP) is 1.76. The van der Waals surface area contributed by atoms with Gasteiger partial charge in [0.25, 0.3) is 0 Å². The van der Waals surface area contributed by atoms with Crippen LogP contribution in [-0.4, -0.2) is 65.7 Å². The SMILES string of the molecule is CCN(CC)CCCNC(=O)N(CC(=O)O)C1CCCC1. The normalized spacial score (nSPS) is 15.4. The Kier molecular flexibility index (Phi) is 8.12. The van der Waals surface area contributed by atoms with Gasteiger partial charge in [-0.2, -0.15) is 0 Å². The van der Waals surface area contributed by atoms with Crippen LogP contribution in [0.5, 0.6) is 0 Å². The highest BCUT2D eigenvalue weighted by Gasteiger charge is 2.28. The molecule has 2 N–H and O–H groups in total. The summed E-state index contributed by atoms with van der Waals surface area (Å²) in [4.78, 5) is 26.9. The van der Waals surface area contributed by atoms with E-state index in [9.17, 15) is 9.59 Å². The number of carboxylic acids is 1. The molecule has 0 saturated heterocycles. The summed E-state index contributed by atoms with van der Waals surface area (Å²) in [7, 11) is 0. The molecule has 0 unspecified atom stereocenters. The van der Waals surface area contributed by atoms with E-state index in [2.05, 4.69) is 24.1 Å². The quantitative estimate of drug-likeness (QED) is 0.636. The standard InChI is InChI=1S/C15H29N3O3/c1-3-17(4-2)11-7-10-16-15(21)18(12-14(19)20)13-8-5-6-9-13/h13H,3-12H2,1-2H3,(H,16,21)(H,19,20). The minimum atomic E-state index is -0.944. The molecule has 0 aromatic carbocycles. The van der Waals surface area contributed by atoms with Gasteiger partial charge in [-0.15, -0.1) is 0 Å². The predicted molar refractivity (Wildman–Crippen MR) is 82.4 cm³/mol. The summed E-state index contributed by atoms with van der Waals surface area (Å²) in [6.07, 6.45) is 4.88. The summed E-state index contributed by atoms with van der Waals surface area (Å²) >= 11 is 0. The van der Waals surface area contributed by atoms with Gasteiger partial charge in [0, 0.05) is 12.6 Å². The molecule has 1 saturated carbocycles. The molecule has 1 rings (SSSR count). The molecular formula is C15H29N3O3. The van der Waals surface area contributed by atoms with Crippen molar-refractivity contribution in [2.75, 3.05) is 32.7 Å². The van der Waals surface area contributed by atoms with Crippen molar-refractivity contribution in [2.24, 2.45) is 0 Å². The minimum Gasteiger partial charge on any atom is -0.480 e. The number of nitrogens with one attached hydrogen (secondary N) is 1. The first kappa shape index (κ1) is 17.8. The zero-order chi connectivity index (χ0) is 15.7. The Hall–Kier alpha value is -1.30. The number of rotatable bonds is 9. The molecule has 0 heterocycles. The van der Waals surface area contributed by atoms with E-state index in [4.69, 9.17) is 5.11 Å². The number of nitrogens with zero attached hydrogens (tertiary/aromatic N) is 2. The van der Waals surface area contributed by atoms with Crippen LogP contribution in [0.25, 0.3) is 0 Å². The van der Waals surface area contributed by atoms with Crippen LogP contribution in [0.15, 0.2) is 0 Å². The second kappa shape index (κ2) is 9.60. The summed E-state index contributed by atoms with van der Waals surface area (Å²) in [5.41, 5.74) is 0. The number of hydrogen-bond acceptors (Lipinski definition) is 3. The number of carboxylic acid groups (broad SMARTS) is 1. The smallest absolute Gasteiger partial charge is 0.323 e. The number of amides is 2. The maximum Gasteiger partial charge on any atom is 0.323 e. The Balaban J connectivity index is 2.36. The molecule has 122 valence electrons. The van der Waals surface area contributed by atoms with Crippen LogP contribution in [0.1, 0.15) is 46.0 Å². The van der Waals surface area contributed by atoms with Crippen molar-refractivity contribution >= 4 is 12.0 Å². The van der Waals surface area contributed by atoms with Crippen molar-refractivity contribution < 1.29 is 14.7 Å². The van der Waals surface area contributed by atoms with Crippen molar-refractivity contribution in [1.82, 2.24) is 15.1 Å².